The van der Waals surface area contributed by atoms with E-state index in [1.165, 1.54) is 276 Å². The van der Waals surface area contributed by atoms with E-state index in [1.807, 2.05) is 0 Å². The van der Waals surface area contributed by atoms with E-state index >= 15 is 0 Å². The molecule has 0 aliphatic carbocycles. The summed E-state index contributed by atoms with van der Waals surface area (Å²) < 4.78 is 11.2. The fourth-order valence-corrected chi connectivity index (χ4v) is 11.9. The van der Waals surface area contributed by atoms with Crippen LogP contribution >= 0.6 is 0 Å². The highest BCUT2D eigenvalue weighted by atomic mass is 16.7. The predicted molar refractivity (Wildman–Crippen MR) is 349 cm³/mol. The van der Waals surface area contributed by atoms with Crippen LogP contribution < -0.4 is 5.32 Å². The van der Waals surface area contributed by atoms with Crippen LogP contribution in [0, 0.1) is 0 Å². The molecule has 83 heavy (non-hydrogen) atoms. The van der Waals surface area contributed by atoms with E-state index in [9.17, 15) is 40.5 Å². The molecular weight excluding hydrogens is 1040 g/mol. The molecular formula is C72H139NO10. The smallest absolute Gasteiger partial charge is 0.249 e. The second-order valence-electron chi connectivity index (χ2n) is 25.7. The van der Waals surface area contributed by atoms with Crippen molar-refractivity contribution in [2.75, 3.05) is 13.2 Å². The number of ether oxygens (including phenoxy) is 2. The zero-order valence-electron chi connectivity index (χ0n) is 54.5. The molecule has 492 valence electrons. The number of amides is 1. The summed E-state index contributed by atoms with van der Waals surface area (Å²) in [7, 11) is 0. The molecule has 1 saturated heterocycles. The van der Waals surface area contributed by atoms with E-state index in [0.29, 0.717) is 19.3 Å². The number of hydrogen-bond acceptors (Lipinski definition) is 10. The molecule has 1 aliphatic heterocycles. The van der Waals surface area contributed by atoms with E-state index in [4.69, 9.17) is 9.47 Å². The van der Waals surface area contributed by atoms with Gasteiger partial charge in [0.1, 0.15) is 36.6 Å². The Hall–Kier alpha value is -1.41. The lowest BCUT2D eigenvalue weighted by Gasteiger charge is -2.40. The fourth-order valence-electron chi connectivity index (χ4n) is 11.9. The van der Waals surface area contributed by atoms with Crippen LogP contribution in [0.15, 0.2) is 24.3 Å². The summed E-state index contributed by atoms with van der Waals surface area (Å²) in [6.45, 7) is 3.50. The predicted octanol–water partition coefficient (Wildman–Crippen LogP) is 17.6. The van der Waals surface area contributed by atoms with Crippen LogP contribution in [0.5, 0.6) is 0 Å². The van der Waals surface area contributed by atoms with Crippen molar-refractivity contribution >= 4 is 5.91 Å². The minimum Gasteiger partial charge on any atom is -0.394 e. The zero-order valence-corrected chi connectivity index (χ0v) is 54.5. The van der Waals surface area contributed by atoms with Crippen molar-refractivity contribution in [3.8, 4) is 0 Å². The van der Waals surface area contributed by atoms with Gasteiger partial charge in [-0.1, -0.05) is 334 Å². The molecule has 1 fully saturated rings. The van der Waals surface area contributed by atoms with Gasteiger partial charge in [0.15, 0.2) is 6.29 Å². The molecule has 0 radical (unpaired) electrons. The highest BCUT2D eigenvalue weighted by molar-refractivity contribution is 5.80. The number of nitrogens with one attached hydrogen (secondary N) is 1. The minimum absolute atomic E-state index is 0.249. The van der Waals surface area contributed by atoms with Gasteiger partial charge < -0.3 is 50.5 Å². The first-order valence-electron chi connectivity index (χ1n) is 36.2. The maximum absolute atomic E-state index is 13.3. The lowest BCUT2D eigenvalue weighted by Crippen LogP contribution is -2.60. The molecule has 8 N–H and O–H groups in total. The summed E-state index contributed by atoms with van der Waals surface area (Å²) in [4.78, 5) is 13.3. The minimum atomic E-state index is -1.67. The number of hydrogen-bond donors (Lipinski definition) is 8. The van der Waals surface area contributed by atoms with Crippen molar-refractivity contribution in [2.24, 2.45) is 0 Å². The SMILES string of the molecule is CCCCCCCCCCCCCCCCCCCCCC/C=C/CC/C=C/CCCC(O)C(O)C(COC1OC(CO)C(O)C(O)C1O)NC(=O)C(O)CCCCCCCCCCCCCCCCCCCCCCCCCCCCC. The molecule has 11 nitrogen and oxygen atoms in total. The quantitative estimate of drug-likeness (QED) is 0.0215. The Labute approximate surface area is 512 Å². The van der Waals surface area contributed by atoms with Crippen LogP contribution in [0.1, 0.15) is 361 Å². The first kappa shape index (κ1) is 79.6. The molecule has 0 bridgehead atoms. The van der Waals surface area contributed by atoms with Crippen LogP contribution in [0.3, 0.4) is 0 Å². The summed E-state index contributed by atoms with van der Waals surface area (Å²) in [6.07, 6.45) is 65.6. The third-order valence-electron chi connectivity index (χ3n) is 17.7. The van der Waals surface area contributed by atoms with Crippen molar-refractivity contribution in [1.82, 2.24) is 5.32 Å². The van der Waals surface area contributed by atoms with Crippen LogP contribution in [-0.4, -0.2) is 110 Å². The van der Waals surface area contributed by atoms with E-state index in [2.05, 4.69) is 43.5 Å². The van der Waals surface area contributed by atoms with Gasteiger partial charge in [0, 0.05) is 0 Å². The molecule has 11 heteroatoms. The highest BCUT2D eigenvalue weighted by Crippen LogP contribution is 2.24. The van der Waals surface area contributed by atoms with Crippen LogP contribution in [0.25, 0.3) is 0 Å². The Kier molecular flexibility index (Phi) is 58.4. The number of unbranched alkanes of at least 4 members (excludes halogenated alkanes) is 48. The number of carbonyl (C=O) groups is 1. The highest BCUT2D eigenvalue weighted by Gasteiger charge is 2.44. The molecule has 0 spiro atoms. The lowest BCUT2D eigenvalue weighted by molar-refractivity contribution is -0.303. The van der Waals surface area contributed by atoms with E-state index in [-0.39, 0.29) is 12.8 Å². The zero-order chi connectivity index (χ0) is 60.3. The number of rotatable bonds is 64. The van der Waals surface area contributed by atoms with Crippen LogP contribution in [-0.2, 0) is 14.3 Å². The van der Waals surface area contributed by atoms with Gasteiger partial charge in [0.25, 0.3) is 0 Å². The third-order valence-corrected chi connectivity index (χ3v) is 17.7. The van der Waals surface area contributed by atoms with E-state index in [1.54, 1.807) is 0 Å². The average Bonchev–Trinajstić information content (AvgIpc) is 3.68. The largest absolute Gasteiger partial charge is 0.394 e. The maximum atomic E-state index is 13.3. The molecule has 1 heterocycles. The van der Waals surface area contributed by atoms with Gasteiger partial charge in [-0.25, -0.2) is 0 Å². The van der Waals surface area contributed by atoms with E-state index < -0.39 is 74.2 Å². The standard InChI is InChI=1S/C72H139NO10/c1-3-5-7-9-11-13-15-17-19-21-23-25-27-29-31-32-34-35-37-39-41-43-45-47-49-51-53-55-57-59-64(75)67(77)63(62-82-72-70(80)69(79)68(78)66(61-74)83-72)73-71(81)65(76)60-58-56-54-52-50-48-46-44-42-40-38-36-33-30-28-26-24-22-20-18-16-14-12-10-8-6-4-2/h43,45,51,53,63-70,72,74-80H,3-42,44,46-50,52,54-62H2,1-2H3,(H,73,81)/b45-43+,53-51+. The fraction of sp³-hybridized carbons (Fsp3) is 0.931. The van der Waals surface area contributed by atoms with Crippen molar-refractivity contribution in [3.05, 3.63) is 24.3 Å². The molecule has 0 aromatic rings. The Morgan fingerprint density at radius 3 is 1.07 bits per heavy atom. The van der Waals surface area contributed by atoms with Gasteiger partial charge >= 0.3 is 0 Å². The van der Waals surface area contributed by atoms with Crippen molar-refractivity contribution in [3.63, 3.8) is 0 Å². The number of allylic oxidation sites excluding steroid dienone is 4. The lowest BCUT2D eigenvalue weighted by atomic mass is 9.98. The number of aliphatic hydroxyl groups excluding tert-OH is 7. The monoisotopic (exact) mass is 1180 g/mol. The Bertz CT molecular complexity index is 1400. The second-order valence-corrected chi connectivity index (χ2v) is 25.7. The first-order chi connectivity index (χ1) is 40.7. The average molecular weight is 1180 g/mol. The van der Waals surface area contributed by atoms with Gasteiger partial charge in [-0.15, -0.1) is 0 Å². The molecule has 0 saturated carbocycles. The molecule has 9 atom stereocenters. The topological polar surface area (TPSA) is 189 Å². The molecule has 0 aromatic carbocycles. The van der Waals surface area contributed by atoms with E-state index in [0.717, 1.165) is 38.5 Å². The van der Waals surface area contributed by atoms with Gasteiger partial charge in [0.2, 0.25) is 5.91 Å². The summed E-state index contributed by atoms with van der Waals surface area (Å²) in [5.74, 6) is -0.703. The maximum Gasteiger partial charge on any atom is 0.249 e. The molecule has 1 aliphatic rings. The summed E-state index contributed by atoms with van der Waals surface area (Å²) in [5, 5.41) is 76.5. The van der Waals surface area contributed by atoms with Gasteiger partial charge in [-0.05, 0) is 51.4 Å². The van der Waals surface area contributed by atoms with Crippen molar-refractivity contribution in [1.29, 1.82) is 0 Å². The summed E-state index contributed by atoms with van der Waals surface area (Å²) in [5.41, 5.74) is 0. The van der Waals surface area contributed by atoms with Crippen LogP contribution in [0.4, 0.5) is 0 Å². The second kappa shape index (κ2) is 60.9. The number of aliphatic hydroxyl groups is 7. The van der Waals surface area contributed by atoms with Crippen LogP contribution in [0.2, 0.25) is 0 Å². The number of carbonyl (C=O) groups excluding carboxylic acids is 1. The third kappa shape index (κ3) is 48.2. The normalized spacial score (nSPS) is 19.1. The Balaban J connectivity index is 2.21. The van der Waals surface area contributed by atoms with Crippen molar-refractivity contribution in [2.45, 2.75) is 416 Å². The molecule has 9 unspecified atom stereocenters. The Morgan fingerprint density at radius 2 is 0.723 bits per heavy atom. The molecule has 1 rings (SSSR count). The molecule has 1 amide bonds. The summed E-state index contributed by atoms with van der Waals surface area (Å²) >= 11 is 0. The molecule has 0 aromatic heterocycles. The van der Waals surface area contributed by atoms with Gasteiger partial charge in [-0.3, -0.25) is 4.79 Å². The van der Waals surface area contributed by atoms with Gasteiger partial charge in [0.05, 0.1) is 25.4 Å². The summed E-state index contributed by atoms with van der Waals surface area (Å²) in [6, 6.07) is -1.19. The van der Waals surface area contributed by atoms with Gasteiger partial charge in [-0.2, -0.15) is 0 Å². The first-order valence-corrected chi connectivity index (χ1v) is 36.2. The Morgan fingerprint density at radius 1 is 0.410 bits per heavy atom. The van der Waals surface area contributed by atoms with Crippen molar-refractivity contribution < 1.29 is 50.0 Å².